The van der Waals surface area contributed by atoms with Crippen LogP contribution in [0.25, 0.3) is 0 Å². The van der Waals surface area contributed by atoms with Gasteiger partial charge in [0.2, 0.25) is 0 Å². The molecule has 19 heavy (non-hydrogen) atoms. The average Bonchev–Trinajstić information content (AvgIpc) is 2.46. The second-order valence-electron chi connectivity index (χ2n) is 3.98. The number of para-hydroxylation sites is 1. The van der Waals surface area contributed by atoms with E-state index >= 15 is 0 Å². The number of hydrogen-bond donors (Lipinski definition) is 1. The molecular formula is C15H13BrN2O. The zero-order valence-electron chi connectivity index (χ0n) is 10.5. The van der Waals surface area contributed by atoms with E-state index in [0.717, 1.165) is 15.7 Å². The summed E-state index contributed by atoms with van der Waals surface area (Å²) in [6.45, 7) is 0.671. The van der Waals surface area contributed by atoms with Crippen LogP contribution < -0.4 is 10.1 Å². The summed E-state index contributed by atoms with van der Waals surface area (Å²) in [4.78, 5) is 0. The fourth-order valence-electron chi connectivity index (χ4n) is 1.74. The maximum absolute atomic E-state index is 8.93. The van der Waals surface area contributed by atoms with Crippen molar-refractivity contribution in [3.05, 3.63) is 58.1 Å². The smallest absolute Gasteiger partial charge is 0.136 e. The molecule has 96 valence electrons. The van der Waals surface area contributed by atoms with Gasteiger partial charge in [-0.1, -0.05) is 18.2 Å². The zero-order chi connectivity index (χ0) is 13.7. The Hall–Kier alpha value is -1.99. The summed E-state index contributed by atoms with van der Waals surface area (Å²) in [5.41, 5.74) is 2.64. The number of ether oxygens (including phenoxy) is 1. The van der Waals surface area contributed by atoms with E-state index in [4.69, 9.17) is 10.00 Å². The quantitative estimate of drug-likeness (QED) is 0.929. The molecule has 1 N–H and O–H groups in total. The summed E-state index contributed by atoms with van der Waals surface area (Å²) in [5, 5.41) is 12.3. The lowest BCUT2D eigenvalue weighted by Gasteiger charge is -2.10. The van der Waals surface area contributed by atoms with Crippen molar-refractivity contribution in [2.24, 2.45) is 0 Å². The predicted molar refractivity (Wildman–Crippen MR) is 79.2 cm³/mol. The Morgan fingerprint density at radius 1 is 1.26 bits per heavy atom. The summed E-state index contributed by atoms with van der Waals surface area (Å²) in [6, 6.07) is 15.6. The lowest BCUT2D eigenvalue weighted by atomic mass is 10.1. The number of nitrogens with one attached hydrogen (secondary N) is 1. The Balaban J connectivity index is 2.13. The first-order valence-electron chi connectivity index (χ1n) is 5.80. The lowest BCUT2D eigenvalue weighted by molar-refractivity contribution is 0.413. The highest BCUT2D eigenvalue weighted by atomic mass is 79.9. The van der Waals surface area contributed by atoms with Crippen LogP contribution in [0.15, 0.2) is 46.9 Å². The van der Waals surface area contributed by atoms with Crippen LogP contribution in [0, 0.1) is 11.3 Å². The highest BCUT2D eigenvalue weighted by molar-refractivity contribution is 9.10. The van der Waals surface area contributed by atoms with Gasteiger partial charge < -0.3 is 10.1 Å². The normalized spacial score (nSPS) is 9.74. The van der Waals surface area contributed by atoms with E-state index < -0.39 is 0 Å². The van der Waals surface area contributed by atoms with Crippen LogP contribution >= 0.6 is 15.9 Å². The molecular weight excluding hydrogens is 304 g/mol. The minimum atomic E-state index is 0.548. The Labute approximate surface area is 121 Å². The molecule has 0 unspecified atom stereocenters. The minimum absolute atomic E-state index is 0.548. The van der Waals surface area contributed by atoms with Crippen molar-refractivity contribution in [2.75, 3.05) is 12.4 Å². The molecule has 0 saturated heterocycles. The first-order valence-corrected chi connectivity index (χ1v) is 6.59. The van der Waals surface area contributed by atoms with Crippen molar-refractivity contribution in [1.82, 2.24) is 0 Å². The van der Waals surface area contributed by atoms with Gasteiger partial charge in [-0.2, -0.15) is 5.26 Å². The van der Waals surface area contributed by atoms with Gasteiger partial charge >= 0.3 is 0 Å². The molecule has 0 aliphatic heterocycles. The third-order valence-electron chi connectivity index (χ3n) is 2.74. The molecule has 2 aromatic carbocycles. The van der Waals surface area contributed by atoms with Gasteiger partial charge in [-0.05, 0) is 45.8 Å². The zero-order valence-corrected chi connectivity index (χ0v) is 12.1. The highest BCUT2D eigenvalue weighted by Crippen LogP contribution is 2.23. The van der Waals surface area contributed by atoms with Crippen molar-refractivity contribution in [2.45, 2.75) is 6.54 Å². The van der Waals surface area contributed by atoms with Gasteiger partial charge in [0.25, 0.3) is 0 Å². The van der Waals surface area contributed by atoms with Crippen LogP contribution in [-0.4, -0.2) is 7.11 Å². The number of benzene rings is 2. The monoisotopic (exact) mass is 316 g/mol. The van der Waals surface area contributed by atoms with Gasteiger partial charge in [0.05, 0.1) is 12.7 Å². The van der Waals surface area contributed by atoms with Crippen LogP contribution in [-0.2, 0) is 6.54 Å². The Morgan fingerprint density at radius 3 is 2.74 bits per heavy atom. The second kappa shape index (κ2) is 6.26. The molecule has 0 saturated carbocycles. The molecule has 0 radical (unpaired) electrons. The maximum Gasteiger partial charge on any atom is 0.136 e. The van der Waals surface area contributed by atoms with E-state index in [1.165, 1.54) is 0 Å². The summed E-state index contributed by atoms with van der Waals surface area (Å²) >= 11 is 3.49. The van der Waals surface area contributed by atoms with Gasteiger partial charge in [0.15, 0.2) is 0 Å². The highest BCUT2D eigenvalue weighted by Gasteiger charge is 2.04. The molecule has 0 spiro atoms. The van der Waals surface area contributed by atoms with E-state index in [1.807, 2.05) is 36.4 Å². The summed E-state index contributed by atoms with van der Waals surface area (Å²) in [7, 11) is 1.57. The molecule has 2 rings (SSSR count). The number of hydrogen-bond acceptors (Lipinski definition) is 3. The van der Waals surface area contributed by atoms with E-state index in [2.05, 4.69) is 27.3 Å². The number of anilines is 1. The van der Waals surface area contributed by atoms with Crippen LogP contribution in [0.2, 0.25) is 0 Å². The van der Waals surface area contributed by atoms with E-state index in [1.54, 1.807) is 13.2 Å². The standard InChI is InChI=1S/C15H13BrN2O/c1-19-15-8-11(6-7-12(15)9-17)10-18-14-5-3-2-4-13(14)16/h2-8,18H,10H2,1H3. The Kier molecular flexibility index (Phi) is 4.43. The third-order valence-corrected chi connectivity index (χ3v) is 3.43. The molecule has 0 atom stereocenters. The van der Waals surface area contributed by atoms with Gasteiger partial charge in [0, 0.05) is 16.7 Å². The molecule has 0 fully saturated rings. The van der Waals surface area contributed by atoms with Crippen LogP contribution in [0.4, 0.5) is 5.69 Å². The van der Waals surface area contributed by atoms with E-state index in [9.17, 15) is 0 Å². The molecule has 0 amide bonds. The predicted octanol–water partition coefficient (Wildman–Crippen LogP) is 3.94. The van der Waals surface area contributed by atoms with Gasteiger partial charge in [-0.15, -0.1) is 0 Å². The van der Waals surface area contributed by atoms with Gasteiger partial charge in [0.1, 0.15) is 11.8 Å². The summed E-state index contributed by atoms with van der Waals surface area (Å²) in [6.07, 6.45) is 0. The summed E-state index contributed by atoms with van der Waals surface area (Å²) < 4.78 is 6.22. The number of halogens is 1. The van der Waals surface area contributed by atoms with E-state index in [0.29, 0.717) is 17.9 Å². The third kappa shape index (κ3) is 3.27. The van der Waals surface area contributed by atoms with Crippen LogP contribution in [0.5, 0.6) is 5.75 Å². The molecule has 0 aliphatic rings. The Bertz CT molecular complexity index is 620. The lowest BCUT2D eigenvalue weighted by Crippen LogP contribution is -2.01. The number of nitriles is 1. The van der Waals surface area contributed by atoms with E-state index in [-0.39, 0.29) is 0 Å². The minimum Gasteiger partial charge on any atom is -0.495 e. The number of nitrogens with zero attached hydrogens (tertiary/aromatic N) is 1. The van der Waals surface area contributed by atoms with Crippen molar-refractivity contribution in [1.29, 1.82) is 5.26 Å². The fraction of sp³-hybridized carbons (Fsp3) is 0.133. The topological polar surface area (TPSA) is 45.0 Å². The molecule has 4 heteroatoms. The fourth-order valence-corrected chi connectivity index (χ4v) is 2.16. The average molecular weight is 317 g/mol. The van der Waals surface area contributed by atoms with Gasteiger partial charge in [-0.3, -0.25) is 0 Å². The molecule has 0 aliphatic carbocycles. The van der Waals surface area contributed by atoms with Crippen molar-refractivity contribution >= 4 is 21.6 Å². The largest absolute Gasteiger partial charge is 0.495 e. The number of rotatable bonds is 4. The maximum atomic E-state index is 8.93. The first-order chi connectivity index (χ1) is 9.24. The SMILES string of the molecule is COc1cc(CNc2ccccc2Br)ccc1C#N. The number of methoxy groups -OCH3 is 1. The molecule has 0 heterocycles. The van der Waals surface area contributed by atoms with Crippen LogP contribution in [0.3, 0.4) is 0 Å². The van der Waals surface area contributed by atoms with Gasteiger partial charge in [-0.25, -0.2) is 0 Å². The first kappa shape index (κ1) is 13.4. The molecule has 0 aromatic heterocycles. The van der Waals surface area contributed by atoms with Crippen LogP contribution in [0.1, 0.15) is 11.1 Å². The molecule has 2 aromatic rings. The van der Waals surface area contributed by atoms with Crippen molar-refractivity contribution in [3.63, 3.8) is 0 Å². The summed E-state index contributed by atoms with van der Waals surface area (Å²) in [5.74, 6) is 0.605. The Morgan fingerprint density at radius 2 is 2.05 bits per heavy atom. The van der Waals surface area contributed by atoms with Crippen molar-refractivity contribution in [3.8, 4) is 11.8 Å². The molecule has 0 bridgehead atoms. The molecule has 3 nitrogen and oxygen atoms in total. The second-order valence-corrected chi connectivity index (χ2v) is 4.83. The van der Waals surface area contributed by atoms with Crippen molar-refractivity contribution < 1.29 is 4.74 Å².